The molecule has 0 saturated heterocycles. The van der Waals surface area contributed by atoms with E-state index in [4.69, 9.17) is 6.57 Å². The van der Waals surface area contributed by atoms with Crippen molar-refractivity contribution in [3.05, 3.63) is 45.6 Å². The summed E-state index contributed by atoms with van der Waals surface area (Å²) in [5.41, 5.74) is 4.12. The minimum Gasteiger partial charge on any atom is -0.366 e. The number of thiophene rings is 1. The number of hydrogen-bond donors (Lipinski definition) is 0. The van der Waals surface area contributed by atoms with Gasteiger partial charge in [0.25, 0.3) is 0 Å². The van der Waals surface area contributed by atoms with Gasteiger partial charge in [-0.05, 0) is 70.9 Å². The number of nitriles is 1. The van der Waals surface area contributed by atoms with E-state index in [1.807, 2.05) is 13.0 Å². The summed E-state index contributed by atoms with van der Waals surface area (Å²) >= 11 is 1.22. The molecule has 0 saturated carbocycles. The number of nitrogens with zero attached hydrogens (tertiary/aromatic N) is 6. The molecule has 0 aliphatic heterocycles. The highest BCUT2D eigenvalue weighted by atomic mass is 32.1. The van der Waals surface area contributed by atoms with Gasteiger partial charge in [-0.15, -0.1) is 11.3 Å². The second kappa shape index (κ2) is 11.0. The van der Waals surface area contributed by atoms with E-state index in [9.17, 15) is 5.26 Å². The molecule has 0 aliphatic rings. The van der Waals surface area contributed by atoms with E-state index in [0.717, 1.165) is 55.0 Å². The van der Waals surface area contributed by atoms with Crippen molar-refractivity contribution in [3.8, 4) is 6.07 Å². The fourth-order valence-corrected chi connectivity index (χ4v) is 4.66. The number of likely N-dealkylation sites (N-methyl/N-ethyl adjacent to an activating group) is 2. The monoisotopic (exact) mass is 437 g/mol. The molecule has 0 aliphatic carbocycles. The van der Waals surface area contributed by atoms with Crippen LogP contribution in [0, 0.1) is 31.8 Å². The molecule has 6 nitrogen and oxygen atoms in total. The Morgan fingerprint density at radius 1 is 1.13 bits per heavy atom. The van der Waals surface area contributed by atoms with Gasteiger partial charge in [-0.1, -0.05) is 0 Å². The molecule has 0 fully saturated rings. The molecule has 0 spiro atoms. The van der Waals surface area contributed by atoms with Crippen molar-refractivity contribution in [1.29, 1.82) is 5.26 Å². The minimum absolute atomic E-state index is 0.418. The van der Waals surface area contributed by atoms with Crippen LogP contribution in [0.4, 0.5) is 22.1 Å². The van der Waals surface area contributed by atoms with Crippen LogP contribution in [-0.4, -0.2) is 43.8 Å². The number of azo groups is 1. The summed E-state index contributed by atoms with van der Waals surface area (Å²) in [5, 5.41) is 18.4. The van der Waals surface area contributed by atoms with Crippen molar-refractivity contribution in [3.63, 3.8) is 0 Å². The number of rotatable bonds is 10. The van der Waals surface area contributed by atoms with Crippen molar-refractivity contribution < 1.29 is 4.48 Å². The standard InChI is InChI=1S/C24H33N6S/c1-8-29(14-15-30(9-2,10-3)11-4)20-12-13-21(18(5)16-20)27-28-24-23(26-7)19(6)22(17-25)31-24/h12-13,16H,8-11,14-15H2,1-6H3/q+1. The molecule has 0 N–H and O–H groups in total. The van der Waals surface area contributed by atoms with Crippen molar-refractivity contribution in [2.24, 2.45) is 10.2 Å². The molecule has 2 aromatic rings. The van der Waals surface area contributed by atoms with Gasteiger partial charge >= 0.3 is 0 Å². The fraction of sp³-hybridized carbons (Fsp3) is 0.500. The topological polar surface area (TPSA) is 56.1 Å². The Hall–Kier alpha value is -2.74. The van der Waals surface area contributed by atoms with Gasteiger partial charge in [-0.25, -0.2) is 4.85 Å². The lowest BCUT2D eigenvalue weighted by atomic mass is 10.1. The van der Waals surface area contributed by atoms with Gasteiger partial charge < -0.3 is 9.38 Å². The number of anilines is 1. The van der Waals surface area contributed by atoms with Crippen molar-refractivity contribution >= 4 is 33.4 Å². The first-order valence-electron chi connectivity index (χ1n) is 10.9. The van der Waals surface area contributed by atoms with Gasteiger partial charge in [-0.3, -0.25) is 0 Å². The molecule has 1 aromatic carbocycles. The maximum absolute atomic E-state index is 9.21. The molecule has 2 rings (SSSR count). The molecule has 0 atom stereocenters. The summed E-state index contributed by atoms with van der Waals surface area (Å²) < 4.78 is 1.14. The largest absolute Gasteiger partial charge is 0.366 e. The highest BCUT2D eigenvalue weighted by Gasteiger charge is 2.22. The Bertz CT molecular complexity index is 996. The first-order chi connectivity index (χ1) is 14.9. The summed E-state index contributed by atoms with van der Waals surface area (Å²) in [4.78, 5) is 6.47. The maximum atomic E-state index is 9.21. The van der Waals surface area contributed by atoms with Crippen LogP contribution in [0.1, 0.15) is 43.7 Å². The maximum Gasteiger partial charge on any atom is 0.229 e. The zero-order chi connectivity index (χ0) is 23.0. The Morgan fingerprint density at radius 2 is 1.81 bits per heavy atom. The van der Waals surface area contributed by atoms with Crippen LogP contribution < -0.4 is 4.90 Å². The van der Waals surface area contributed by atoms with Gasteiger partial charge in [0.15, 0.2) is 0 Å². The summed E-state index contributed by atoms with van der Waals surface area (Å²) in [5.74, 6) is 0. The number of hydrogen-bond acceptors (Lipinski definition) is 5. The van der Waals surface area contributed by atoms with E-state index < -0.39 is 0 Å². The van der Waals surface area contributed by atoms with Crippen LogP contribution in [0.25, 0.3) is 4.85 Å². The summed E-state index contributed by atoms with van der Waals surface area (Å²) in [6.45, 7) is 26.8. The van der Waals surface area contributed by atoms with Crippen molar-refractivity contribution in [1.82, 2.24) is 0 Å². The first kappa shape index (κ1) is 24.5. The highest BCUT2D eigenvalue weighted by Crippen LogP contribution is 2.42. The third-order valence-corrected chi connectivity index (χ3v) is 7.41. The van der Waals surface area contributed by atoms with Crippen LogP contribution in [0.2, 0.25) is 0 Å². The van der Waals surface area contributed by atoms with E-state index >= 15 is 0 Å². The van der Waals surface area contributed by atoms with Gasteiger partial charge in [-0.2, -0.15) is 15.5 Å². The summed E-state index contributed by atoms with van der Waals surface area (Å²) in [6.07, 6.45) is 0. The quantitative estimate of drug-likeness (QED) is 0.230. The van der Waals surface area contributed by atoms with Crippen LogP contribution in [-0.2, 0) is 0 Å². The van der Waals surface area contributed by atoms with Gasteiger partial charge in [0.05, 0.1) is 49.9 Å². The van der Waals surface area contributed by atoms with Crippen LogP contribution in [0.15, 0.2) is 28.4 Å². The lowest BCUT2D eigenvalue weighted by molar-refractivity contribution is -0.921. The molecule has 0 unspecified atom stereocenters. The number of aryl methyl sites for hydroxylation is 1. The average molecular weight is 438 g/mol. The molecule has 164 valence electrons. The van der Waals surface area contributed by atoms with Gasteiger partial charge in [0.2, 0.25) is 5.69 Å². The SMILES string of the molecule is [C-]#[N+]c1c(N=Nc2ccc(N(CC)CC[N+](CC)(CC)CC)cc2C)sc(C#N)c1C. The van der Waals surface area contributed by atoms with Crippen LogP contribution >= 0.6 is 11.3 Å². The van der Waals surface area contributed by atoms with E-state index in [0.29, 0.717) is 21.1 Å². The average Bonchev–Trinajstić information content (AvgIpc) is 3.11. The van der Waals surface area contributed by atoms with Crippen molar-refractivity contribution in [2.45, 2.75) is 41.5 Å². The third kappa shape index (κ3) is 5.50. The molecular formula is C24H33N6S+. The van der Waals surface area contributed by atoms with E-state index in [-0.39, 0.29) is 0 Å². The van der Waals surface area contributed by atoms with Crippen molar-refractivity contribution in [2.75, 3.05) is 44.2 Å². The zero-order valence-corrected chi connectivity index (χ0v) is 20.4. The van der Waals surface area contributed by atoms with Gasteiger partial charge in [0.1, 0.15) is 11.1 Å². The predicted octanol–water partition coefficient (Wildman–Crippen LogP) is 6.91. The minimum atomic E-state index is 0.418. The molecule has 1 aromatic heterocycles. The normalized spacial score (nSPS) is 11.5. The third-order valence-electron chi connectivity index (χ3n) is 6.34. The van der Waals surface area contributed by atoms with Gasteiger partial charge in [0, 0.05) is 12.2 Å². The molecule has 0 radical (unpaired) electrons. The molecule has 0 bridgehead atoms. The fourth-order valence-electron chi connectivity index (χ4n) is 3.79. The highest BCUT2D eigenvalue weighted by molar-refractivity contribution is 7.17. The van der Waals surface area contributed by atoms with E-state index in [1.165, 1.54) is 17.0 Å². The lowest BCUT2D eigenvalue weighted by Crippen LogP contribution is -2.51. The van der Waals surface area contributed by atoms with Crippen LogP contribution in [0.5, 0.6) is 0 Å². The molecular weight excluding hydrogens is 404 g/mol. The summed E-state index contributed by atoms with van der Waals surface area (Å²) in [7, 11) is 0. The Morgan fingerprint density at radius 3 is 2.32 bits per heavy atom. The predicted molar refractivity (Wildman–Crippen MR) is 130 cm³/mol. The van der Waals surface area contributed by atoms with Crippen LogP contribution in [0.3, 0.4) is 0 Å². The van der Waals surface area contributed by atoms with E-state index in [1.54, 1.807) is 6.92 Å². The smallest absolute Gasteiger partial charge is 0.229 e. The second-order valence-electron chi connectivity index (χ2n) is 7.70. The number of quaternary nitrogens is 1. The van der Waals surface area contributed by atoms with E-state index in [2.05, 4.69) is 65.9 Å². The zero-order valence-electron chi connectivity index (χ0n) is 19.6. The Labute approximate surface area is 190 Å². The molecule has 1 heterocycles. The molecule has 31 heavy (non-hydrogen) atoms. The molecule has 0 amide bonds. The Kier molecular flexibility index (Phi) is 8.74. The Balaban J connectivity index is 2.22. The first-order valence-corrected chi connectivity index (χ1v) is 11.7. The second-order valence-corrected chi connectivity index (χ2v) is 8.70. The summed E-state index contributed by atoms with van der Waals surface area (Å²) in [6, 6.07) is 8.37. The number of benzene rings is 1. The lowest BCUT2D eigenvalue weighted by Gasteiger charge is -2.38. The molecule has 7 heteroatoms.